The summed E-state index contributed by atoms with van der Waals surface area (Å²) < 4.78 is 8.78. The maximum Gasteiger partial charge on any atom is 0.119 e. The average Bonchev–Trinajstić information content (AvgIpc) is 2.87. The second-order valence-electron chi connectivity index (χ2n) is 3.94. The minimum Gasteiger partial charge on any atom is -0.492 e. The van der Waals surface area contributed by atoms with Gasteiger partial charge in [0.05, 0.1) is 12.9 Å². The first-order valence-corrected chi connectivity index (χ1v) is 6.66. The van der Waals surface area contributed by atoms with Gasteiger partial charge in [-0.2, -0.15) is 0 Å². The molecule has 0 aliphatic rings. The predicted molar refractivity (Wildman–Crippen MR) is 74.6 cm³/mol. The van der Waals surface area contributed by atoms with Crippen LogP contribution in [-0.4, -0.2) is 22.7 Å². The molecule has 0 aliphatic heterocycles. The highest BCUT2D eigenvalue weighted by Crippen LogP contribution is 2.22. The summed E-state index contributed by atoms with van der Waals surface area (Å²) in [4.78, 5) is 3.99. The highest BCUT2D eigenvalue weighted by atomic mass is 79.9. The maximum atomic E-state index is 5.71. The van der Waals surface area contributed by atoms with Crippen molar-refractivity contribution in [3.05, 3.63) is 47.0 Å². The molecule has 2 aromatic rings. The summed E-state index contributed by atoms with van der Waals surface area (Å²) in [5.41, 5.74) is 6.75. The Bertz CT molecular complexity index is 485. The van der Waals surface area contributed by atoms with Gasteiger partial charge in [0, 0.05) is 16.9 Å². The number of imidazole rings is 1. The highest BCUT2D eigenvalue weighted by molar-refractivity contribution is 9.10. The van der Waals surface area contributed by atoms with Gasteiger partial charge in [-0.15, -0.1) is 0 Å². The Morgan fingerprint density at radius 3 is 3.00 bits per heavy atom. The minimum atomic E-state index is 0.625. The molecular weight excluding hydrogens is 294 g/mol. The molecule has 4 nitrogen and oxygen atoms in total. The van der Waals surface area contributed by atoms with Crippen LogP contribution in [0.15, 0.2) is 41.4 Å². The lowest BCUT2D eigenvalue weighted by atomic mass is 10.1. The number of ether oxygens (including phenoxy) is 1. The van der Waals surface area contributed by atoms with Crippen molar-refractivity contribution < 1.29 is 4.74 Å². The van der Waals surface area contributed by atoms with E-state index < -0.39 is 0 Å². The molecule has 1 aromatic heterocycles. The van der Waals surface area contributed by atoms with Crippen LogP contribution in [0.5, 0.6) is 5.75 Å². The molecule has 0 fully saturated rings. The summed E-state index contributed by atoms with van der Waals surface area (Å²) in [7, 11) is 0. The van der Waals surface area contributed by atoms with E-state index in [2.05, 4.69) is 20.9 Å². The lowest BCUT2D eigenvalue weighted by Crippen LogP contribution is -2.07. The normalized spacial score (nSPS) is 10.6. The van der Waals surface area contributed by atoms with Gasteiger partial charge in [-0.3, -0.25) is 0 Å². The number of hydrogen-bond acceptors (Lipinski definition) is 3. The number of nitrogens with zero attached hydrogens (tertiary/aromatic N) is 2. The largest absolute Gasteiger partial charge is 0.492 e. The Balaban J connectivity index is 1.90. The zero-order valence-electron chi connectivity index (χ0n) is 10.1. The van der Waals surface area contributed by atoms with Crippen molar-refractivity contribution in [3.8, 4) is 5.75 Å². The molecule has 0 amide bonds. The van der Waals surface area contributed by atoms with Crippen molar-refractivity contribution in [3.63, 3.8) is 0 Å². The van der Waals surface area contributed by atoms with Crippen molar-refractivity contribution >= 4 is 15.9 Å². The van der Waals surface area contributed by atoms with Gasteiger partial charge in [-0.05, 0) is 36.7 Å². The van der Waals surface area contributed by atoms with Crippen molar-refractivity contribution in [2.45, 2.75) is 13.0 Å². The summed E-state index contributed by atoms with van der Waals surface area (Å²) in [6.07, 6.45) is 6.31. The fourth-order valence-electron chi connectivity index (χ4n) is 1.68. The molecule has 96 valence electrons. The SMILES string of the molecule is NCCc1cc(OCCn2ccnc2)ccc1Br. The lowest BCUT2D eigenvalue weighted by molar-refractivity contribution is 0.298. The molecule has 0 saturated carbocycles. The van der Waals surface area contributed by atoms with E-state index in [9.17, 15) is 0 Å². The van der Waals surface area contributed by atoms with Crippen LogP contribution < -0.4 is 10.5 Å². The number of rotatable bonds is 6. The molecular formula is C13H16BrN3O. The van der Waals surface area contributed by atoms with Crippen molar-refractivity contribution in [1.82, 2.24) is 9.55 Å². The molecule has 0 aliphatic carbocycles. The highest BCUT2D eigenvalue weighted by Gasteiger charge is 2.02. The molecule has 0 unspecified atom stereocenters. The fourth-order valence-corrected chi connectivity index (χ4v) is 2.12. The van der Waals surface area contributed by atoms with Gasteiger partial charge in [0.1, 0.15) is 12.4 Å². The van der Waals surface area contributed by atoms with Gasteiger partial charge >= 0.3 is 0 Å². The van der Waals surface area contributed by atoms with Crippen LogP contribution in [0.4, 0.5) is 0 Å². The predicted octanol–water partition coefficient (Wildman–Crippen LogP) is 2.23. The number of benzene rings is 1. The molecule has 2 N–H and O–H groups in total. The topological polar surface area (TPSA) is 53.1 Å². The molecule has 1 heterocycles. The zero-order chi connectivity index (χ0) is 12.8. The lowest BCUT2D eigenvalue weighted by Gasteiger charge is -2.09. The molecule has 2 rings (SSSR count). The van der Waals surface area contributed by atoms with E-state index in [1.165, 1.54) is 5.56 Å². The number of halogens is 1. The Kier molecular flexibility index (Phi) is 4.78. The summed E-state index contributed by atoms with van der Waals surface area (Å²) in [5, 5.41) is 0. The molecule has 1 aromatic carbocycles. The van der Waals surface area contributed by atoms with E-state index in [1.54, 1.807) is 12.5 Å². The first kappa shape index (κ1) is 13.1. The maximum absolute atomic E-state index is 5.71. The number of aromatic nitrogens is 2. The van der Waals surface area contributed by atoms with E-state index in [0.29, 0.717) is 13.2 Å². The van der Waals surface area contributed by atoms with Crippen molar-refractivity contribution in [2.24, 2.45) is 5.73 Å². The van der Waals surface area contributed by atoms with Crippen LogP contribution in [0.1, 0.15) is 5.56 Å². The molecule has 0 atom stereocenters. The molecule has 0 saturated heterocycles. The van der Waals surface area contributed by atoms with Gasteiger partial charge in [-0.25, -0.2) is 4.98 Å². The van der Waals surface area contributed by atoms with Gasteiger partial charge < -0.3 is 15.0 Å². The first-order chi connectivity index (χ1) is 8.79. The average molecular weight is 310 g/mol. The second-order valence-corrected chi connectivity index (χ2v) is 4.80. The summed E-state index contributed by atoms with van der Waals surface area (Å²) in [5.74, 6) is 0.877. The molecule has 18 heavy (non-hydrogen) atoms. The monoisotopic (exact) mass is 309 g/mol. The van der Waals surface area contributed by atoms with Crippen LogP contribution >= 0.6 is 15.9 Å². The summed E-state index contributed by atoms with van der Waals surface area (Å²) in [6, 6.07) is 5.99. The molecule has 0 radical (unpaired) electrons. The Hall–Kier alpha value is -1.33. The van der Waals surface area contributed by atoms with Crippen LogP contribution in [0, 0.1) is 0 Å². The van der Waals surface area contributed by atoms with Crippen LogP contribution in [0.3, 0.4) is 0 Å². The van der Waals surface area contributed by atoms with Crippen LogP contribution in [0.25, 0.3) is 0 Å². The van der Waals surface area contributed by atoms with Crippen LogP contribution in [0.2, 0.25) is 0 Å². The number of nitrogens with two attached hydrogens (primary N) is 1. The smallest absolute Gasteiger partial charge is 0.119 e. The summed E-state index contributed by atoms with van der Waals surface area (Å²) >= 11 is 3.51. The number of hydrogen-bond donors (Lipinski definition) is 1. The van der Waals surface area contributed by atoms with E-state index >= 15 is 0 Å². The Morgan fingerprint density at radius 1 is 1.39 bits per heavy atom. The standard InChI is InChI=1S/C13H16BrN3O/c14-13-2-1-12(9-11(13)3-4-15)18-8-7-17-6-5-16-10-17/h1-2,5-6,9-10H,3-4,7-8,15H2. The first-order valence-electron chi connectivity index (χ1n) is 5.86. The summed E-state index contributed by atoms with van der Waals surface area (Å²) in [6.45, 7) is 2.05. The van der Waals surface area contributed by atoms with Crippen molar-refractivity contribution in [2.75, 3.05) is 13.2 Å². The van der Waals surface area contributed by atoms with Crippen molar-refractivity contribution in [1.29, 1.82) is 0 Å². The molecule has 0 spiro atoms. The van der Waals surface area contributed by atoms with Gasteiger partial charge in [-0.1, -0.05) is 15.9 Å². The zero-order valence-corrected chi connectivity index (χ0v) is 11.6. The third kappa shape index (κ3) is 3.58. The third-order valence-corrected chi connectivity index (χ3v) is 3.38. The Labute approximate surface area is 115 Å². The quantitative estimate of drug-likeness (QED) is 0.890. The fraction of sp³-hybridized carbons (Fsp3) is 0.308. The molecule has 5 heteroatoms. The van der Waals surface area contributed by atoms with E-state index in [4.69, 9.17) is 10.5 Å². The Morgan fingerprint density at radius 2 is 2.28 bits per heavy atom. The second kappa shape index (κ2) is 6.56. The van der Waals surface area contributed by atoms with Gasteiger partial charge in [0.15, 0.2) is 0 Å². The third-order valence-electron chi connectivity index (χ3n) is 2.61. The van der Waals surface area contributed by atoms with Gasteiger partial charge in [0.2, 0.25) is 0 Å². The van der Waals surface area contributed by atoms with E-state index in [1.807, 2.05) is 29.0 Å². The minimum absolute atomic E-state index is 0.625. The van der Waals surface area contributed by atoms with Crippen LogP contribution in [-0.2, 0) is 13.0 Å². The van der Waals surface area contributed by atoms with Gasteiger partial charge in [0.25, 0.3) is 0 Å². The van der Waals surface area contributed by atoms with E-state index in [0.717, 1.165) is 23.2 Å². The molecule has 0 bridgehead atoms. The van der Waals surface area contributed by atoms with E-state index in [-0.39, 0.29) is 0 Å².